The van der Waals surface area contributed by atoms with E-state index in [0.717, 1.165) is 11.3 Å². The summed E-state index contributed by atoms with van der Waals surface area (Å²) in [5, 5.41) is 11.0. The summed E-state index contributed by atoms with van der Waals surface area (Å²) in [6.07, 6.45) is 0.532. The van der Waals surface area contributed by atoms with Crippen molar-refractivity contribution in [1.82, 2.24) is 0 Å². The number of hydrogen-bond donors (Lipinski definition) is 0. The molecule has 2 rings (SSSR count). The van der Waals surface area contributed by atoms with Crippen LogP contribution < -0.4 is 4.74 Å². The fourth-order valence-corrected chi connectivity index (χ4v) is 2.52. The van der Waals surface area contributed by atoms with Gasteiger partial charge in [0, 0.05) is 23.6 Å². The van der Waals surface area contributed by atoms with E-state index >= 15 is 0 Å². The Morgan fingerprint density at radius 3 is 2.59 bits per heavy atom. The first-order valence-electron chi connectivity index (χ1n) is 8.57. The van der Waals surface area contributed by atoms with E-state index in [9.17, 15) is 19.7 Å². The monoisotopic (exact) mass is 371 g/mol. The first-order valence-corrected chi connectivity index (χ1v) is 8.57. The average Bonchev–Trinajstić information content (AvgIpc) is 2.65. The molecule has 0 N–H and O–H groups in total. The Morgan fingerprint density at radius 2 is 1.89 bits per heavy atom. The lowest BCUT2D eigenvalue weighted by Gasteiger charge is -2.09. The number of nitro benzene ring substituents is 1. The number of aryl methyl sites for hydroxylation is 2. The van der Waals surface area contributed by atoms with Gasteiger partial charge in [0.05, 0.1) is 11.5 Å². The fourth-order valence-electron chi connectivity index (χ4n) is 2.52. The molecule has 0 saturated carbocycles. The maximum Gasteiger partial charge on any atom is 0.306 e. The molecule has 142 valence electrons. The van der Waals surface area contributed by atoms with E-state index in [1.807, 2.05) is 31.2 Å². The van der Waals surface area contributed by atoms with Crippen LogP contribution in [0.5, 0.6) is 5.75 Å². The summed E-state index contributed by atoms with van der Waals surface area (Å²) in [5.41, 5.74) is 1.35. The molecule has 0 radical (unpaired) electrons. The van der Waals surface area contributed by atoms with Crippen LogP contribution in [0.25, 0.3) is 0 Å². The minimum Gasteiger partial charge on any atom is -0.494 e. The number of rotatable bonds is 9. The van der Waals surface area contributed by atoms with Crippen molar-refractivity contribution in [2.24, 2.45) is 0 Å². The van der Waals surface area contributed by atoms with Crippen LogP contribution >= 0.6 is 0 Å². The predicted molar refractivity (Wildman–Crippen MR) is 99.1 cm³/mol. The summed E-state index contributed by atoms with van der Waals surface area (Å²) < 4.78 is 10.5. The van der Waals surface area contributed by atoms with Crippen molar-refractivity contribution in [2.75, 3.05) is 13.2 Å². The molecule has 2 aromatic carbocycles. The van der Waals surface area contributed by atoms with Crippen LogP contribution in [0.15, 0.2) is 42.5 Å². The maximum absolute atomic E-state index is 12.1. The van der Waals surface area contributed by atoms with Crippen molar-refractivity contribution in [1.29, 1.82) is 0 Å². The van der Waals surface area contributed by atoms with Crippen LogP contribution in [0, 0.1) is 17.0 Å². The highest BCUT2D eigenvalue weighted by atomic mass is 16.6. The summed E-state index contributed by atoms with van der Waals surface area (Å²) in [4.78, 5) is 34.5. The van der Waals surface area contributed by atoms with Crippen molar-refractivity contribution in [3.8, 4) is 5.75 Å². The number of nitro groups is 1. The SMILES string of the molecule is CCOc1ccccc1CCC(=O)OCC(=O)c1ccc(C)c([N+](=O)[O-])c1. The molecule has 0 fully saturated rings. The van der Waals surface area contributed by atoms with Crippen LogP contribution in [-0.4, -0.2) is 29.9 Å². The van der Waals surface area contributed by atoms with E-state index in [1.54, 1.807) is 6.92 Å². The van der Waals surface area contributed by atoms with Crippen molar-refractivity contribution >= 4 is 17.4 Å². The number of nitrogens with zero attached hydrogens (tertiary/aromatic N) is 1. The second-order valence-electron chi connectivity index (χ2n) is 5.88. The number of hydrogen-bond acceptors (Lipinski definition) is 6. The summed E-state index contributed by atoms with van der Waals surface area (Å²) >= 11 is 0. The summed E-state index contributed by atoms with van der Waals surface area (Å²) in [6, 6.07) is 11.6. The Kier molecular flexibility index (Phi) is 7.05. The zero-order valence-corrected chi connectivity index (χ0v) is 15.3. The summed E-state index contributed by atoms with van der Waals surface area (Å²) in [6.45, 7) is 3.55. The van der Waals surface area contributed by atoms with Crippen molar-refractivity contribution in [3.63, 3.8) is 0 Å². The second kappa shape index (κ2) is 9.47. The van der Waals surface area contributed by atoms with Gasteiger partial charge in [-0.25, -0.2) is 0 Å². The van der Waals surface area contributed by atoms with Gasteiger partial charge in [-0.05, 0) is 31.9 Å². The number of carbonyl (C=O) groups excluding carboxylic acids is 2. The first-order chi connectivity index (χ1) is 12.9. The minimum atomic E-state index is -0.548. The van der Waals surface area contributed by atoms with E-state index in [-0.39, 0.29) is 17.7 Å². The van der Waals surface area contributed by atoms with E-state index in [2.05, 4.69) is 0 Å². The van der Waals surface area contributed by atoms with Gasteiger partial charge in [0.15, 0.2) is 6.61 Å². The Balaban J connectivity index is 1.90. The topological polar surface area (TPSA) is 95.7 Å². The van der Waals surface area contributed by atoms with Crippen LogP contribution in [0.2, 0.25) is 0 Å². The van der Waals surface area contributed by atoms with Crippen LogP contribution in [0.4, 0.5) is 5.69 Å². The second-order valence-corrected chi connectivity index (χ2v) is 5.88. The first kappa shape index (κ1) is 20.1. The Bertz CT molecular complexity index is 846. The van der Waals surface area contributed by atoms with E-state index in [1.165, 1.54) is 18.2 Å². The molecule has 0 aliphatic carbocycles. The molecular weight excluding hydrogens is 350 g/mol. The molecule has 2 aromatic rings. The van der Waals surface area contributed by atoms with Crippen molar-refractivity contribution in [2.45, 2.75) is 26.7 Å². The smallest absolute Gasteiger partial charge is 0.306 e. The number of Topliss-reactive ketones (excluding diaryl/α,β-unsaturated/α-hetero) is 1. The van der Waals surface area contributed by atoms with E-state index in [4.69, 9.17) is 9.47 Å². The van der Waals surface area contributed by atoms with Crippen LogP contribution in [0.3, 0.4) is 0 Å². The highest BCUT2D eigenvalue weighted by molar-refractivity contribution is 5.98. The molecule has 0 unspecified atom stereocenters. The molecular formula is C20H21NO6. The van der Waals surface area contributed by atoms with Crippen molar-refractivity contribution < 1.29 is 24.0 Å². The van der Waals surface area contributed by atoms with Crippen LogP contribution in [-0.2, 0) is 16.0 Å². The molecule has 27 heavy (non-hydrogen) atoms. The largest absolute Gasteiger partial charge is 0.494 e. The molecule has 0 aliphatic heterocycles. The zero-order valence-electron chi connectivity index (χ0n) is 15.3. The maximum atomic E-state index is 12.1. The van der Waals surface area contributed by atoms with Gasteiger partial charge in [0.2, 0.25) is 5.78 Å². The van der Waals surface area contributed by atoms with Gasteiger partial charge in [-0.1, -0.05) is 30.3 Å². The van der Waals surface area contributed by atoms with Gasteiger partial charge in [-0.3, -0.25) is 19.7 Å². The Hall–Kier alpha value is -3.22. The number of ether oxygens (including phenoxy) is 2. The third-order valence-corrected chi connectivity index (χ3v) is 3.96. The lowest BCUT2D eigenvalue weighted by atomic mass is 10.1. The molecule has 7 heteroatoms. The fraction of sp³-hybridized carbons (Fsp3) is 0.300. The van der Waals surface area contributed by atoms with E-state index < -0.39 is 23.3 Å². The standard InChI is InChI=1S/C20H21NO6/c1-3-26-19-7-5-4-6-15(19)10-11-20(23)27-13-18(22)16-9-8-14(2)17(12-16)21(24)25/h4-9,12H,3,10-11,13H2,1-2H3. The minimum absolute atomic E-state index is 0.103. The van der Waals surface area contributed by atoms with Crippen molar-refractivity contribution in [3.05, 3.63) is 69.3 Å². The zero-order chi connectivity index (χ0) is 19.8. The third kappa shape index (κ3) is 5.64. The predicted octanol–water partition coefficient (Wildman–Crippen LogP) is 3.66. The Morgan fingerprint density at radius 1 is 1.15 bits per heavy atom. The molecule has 0 saturated heterocycles. The highest BCUT2D eigenvalue weighted by Crippen LogP contribution is 2.21. The lowest BCUT2D eigenvalue weighted by Crippen LogP contribution is -2.15. The summed E-state index contributed by atoms with van der Waals surface area (Å²) in [7, 11) is 0. The molecule has 0 atom stereocenters. The molecule has 0 aromatic heterocycles. The average molecular weight is 371 g/mol. The molecule has 0 heterocycles. The highest BCUT2D eigenvalue weighted by Gasteiger charge is 2.16. The number of para-hydroxylation sites is 1. The van der Waals surface area contributed by atoms with Gasteiger partial charge in [-0.2, -0.15) is 0 Å². The van der Waals surface area contributed by atoms with Gasteiger partial charge in [0.25, 0.3) is 5.69 Å². The number of benzene rings is 2. The summed E-state index contributed by atoms with van der Waals surface area (Å²) in [5.74, 6) is -0.284. The van der Waals surface area contributed by atoms with E-state index in [0.29, 0.717) is 18.6 Å². The lowest BCUT2D eigenvalue weighted by molar-refractivity contribution is -0.385. The van der Waals surface area contributed by atoms with Gasteiger partial charge < -0.3 is 9.47 Å². The normalized spacial score (nSPS) is 10.3. The Labute approximate surface area is 157 Å². The molecule has 0 bridgehead atoms. The molecule has 7 nitrogen and oxygen atoms in total. The molecule has 0 aliphatic rings. The third-order valence-electron chi connectivity index (χ3n) is 3.96. The number of esters is 1. The molecule has 0 amide bonds. The quantitative estimate of drug-likeness (QED) is 0.289. The number of carbonyl (C=O) groups is 2. The van der Waals surface area contributed by atoms with Gasteiger partial charge in [0.1, 0.15) is 5.75 Å². The van der Waals surface area contributed by atoms with Crippen LogP contribution in [0.1, 0.15) is 34.8 Å². The molecule has 0 spiro atoms. The number of ketones is 1. The van der Waals surface area contributed by atoms with Gasteiger partial charge in [-0.15, -0.1) is 0 Å². The van der Waals surface area contributed by atoms with Gasteiger partial charge >= 0.3 is 5.97 Å².